The molecule has 44 heavy (non-hydrogen) atoms. The lowest BCUT2D eigenvalue weighted by Gasteiger charge is -2.28. The second-order valence-corrected chi connectivity index (χ2v) is 10.8. The summed E-state index contributed by atoms with van der Waals surface area (Å²) in [6.45, 7) is 0.119. The van der Waals surface area contributed by atoms with Gasteiger partial charge in [-0.3, -0.25) is 14.4 Å². The number of hydrogen-bond donors (Lipinski definition) is 6. The van der Waals surface area contributed by atoms with Gasteiger partial charge in [0.15, 0.2) is 0 Å². The number of hydrogen-bond acceptors (Lipinski definition) is 7. The molecule has 4 rings (SSSR count). The molecule has 234 valence electrons. The van der Waals surface area contributed by atoms with E-state index in [9.17, 15) is 29.4 Å². The van der Waals surface area contributed by atoms with Crippen molar-refractivity contribution in [2.75, 3.05) is 6.54 Å². The Hall–Kier alpha value is -4.26. The first-order valence-electron chi connectivity index (χ1n) is 14.1. The first-order valence-corrected chi connectivity index (χ1v) is 14.1. The van der Waals surface area contributed by atoms with Gasteiger partial charge in [-0.1, -0.05) is 72.8 Å². The Bertz CT molecular complexity index is 1410. The summed E-state index contributed by atoms with van der Waals surface area (Å²) < 4.78 is 0. The summed E-state index contributed by atoms with van der Waals surface area (Å²) in [6.07, 6.45) is 0.529. The summed E-state index contributed by atoms with van der Waals surface area (Å²) in [7, 11) is 0. The SMILES string of the molecule is Br.N[C@H]1C[C@@H](C(=O)N[C@@H](Cc2ccccc2)C(=O)N[C@@H](Cc2ccccc2)C(=O)O)N(C(=O)[C@@H](N)Cc2ccc(O)cc2)C1. The Morgan fingerprint density at radius 3 is 1.86 bits per heavy atom. The molecule has 8 N–H and O–H groups in total. The second kappa shape index (κ2) is 16.0. The van der Waals surface area contributed by atoms with Gasteiger partial charge in [0.05, 0.1) is 6.04 Å². The summed E-state index contributed by atoms with van der Waals surface area (Å²) in [6, 6.07) is 19.5. The molecule has 0 unspecified atom stereocenters. The number of halogens is 1. The Balaban J connectivity index is 0.00000529. The lowest BCUT2D eigenvalue weighted by Crippen LogP contribution is -2.57. The van der Waals surface area contributed by atoms with Crippen molar-refractivity contribution >= 4 is 40.7 Å². The predicted octanol–water partition coefficient (Wildman–Crippen LogP) is 1.31. The zero-order chi connectivity index (χ0) is 30.9. The van der Waals surface area contributed by atoms with Crippen LogP contribution in [0.2, 0.25) is 0 Å². The third-order valence-electron chi connectivity index (χ3n) is 7.44. The normalized spacial score (nSPS) is 17.9. The van der Waals surface area contributed by atoms with Crippen molar-refractivity contribution in [3.8, 4) is 5.75 Å². The van der Waals surface area contributed by atoms with Gasteiger partial charge in [-0.25, -0.2) is 4.79 Å². The molecular weight excluding hydrogens is 630 g/mol. The maximum absolute atomic E-state index is 13.6. The number of aromatic hydroxyl groups is 1. The van der Waals surface area contributed by atoms with Crippen LogP contribution in [0.4, 0.5) is 0 Å². The molecule has 3 aromatic rings. The van der Waals surface area contributed by atoms with Crippen LogP contribution in [0.5, 0.6) is 5.75 Å². The van der Waals surface area contributed by atoms with E-state index in [0.717, 1.165) is 16.7 Å². The number of carboxylic acid groups (broad SMARTS) is 1. The molecule has 0 aliphatic carbocycles. The van der Waals surface area contributed by atoms with Crippen molar-refractivity contribution in [3.63, 3.8) is 0 Å². The molecule has 1 aliphatic heterocycles. The number of nitrogens with one attached hydrogen (secondary N) is 2. The van der Waals surface area contributed by atoms with Crippen molar-refractivity contribution < 1.29 is 29.4 Å². The maximum Gasteiger partial charge on any atom is 0.326 e. The monoisotopic (exact) mass is 667 g/mol. The van der Waals surface area contributed by atoms with E-state index in [1.54, 1.807) is 60.7 Å². The first kappa shape index (κ1) is 34.2. The number of aliphatic carboxylic acids is 1. The summed E-state index contributed by atoms with van der Waals surface area (Å²) >= 11 is 0. The summed E-state index contributed by atoms with van der Waals surface area (Å²) in [5.41, 5.74) is 14.6. The number of rotatable bonds is 12. The molecule has 1 heterocycles. The molecule has 1 fully saturated rings. The minimum atomic E-state index is -1.22. The fourth-order valence-electron chi connectivity index (χ4n) is 5.20. The van der Waals surface area contributed by atoms with Gasteiger partial charge in [0.2, 0.25) is 17.7 Å². The van der Waals surface area contributed by atoms with E-state index < -0.39 is 53.9 Å². The molecule has 0 spiro atoms. The number of amides is 3. The van der Waals surface area contributed by atoms with Crippen LogP contribution >= 0.6 is 17.0 Å². The topological polar surface area (TPSA) is 188 Å². The lowest BCUT2D eigenvalue weighted by molar-refractivity contribution is -0.143. The highest BCUT2D eigenvalue weighted by molar-refractivity contribution is 8.93. The molecule has 0 saturated carbocycles. The van der Waals surface area contributed by atoms with Crippen LogP contribution in [0.3, 0.4) is 0 Å². The van der Waals surface area contributed by atoms with Gasteiger partial charge >= 0.3 is 5.97 Å². The summed E-state index contributed by atoms with van der Waals surface area (Å²) in [5, 5.41) is 24.7. The summed E-state index contributed by atoms with van der Waals surface area (Å²) in [4.78, 5) is 53.8. The molecule has 5 atom stereocenters. The molecule has 3 amide bonds. The number of nitrogens with zero attached hydrogens (tertiary/aromatic N) is 1. The van der Waals surface area contributed by atoms with E-state index in [2.05, 4.69) is 10.6 Å². The van der Waals surface area contributed by atoms with Crippen LogP contribution in [0, 0.1) is 0 Å². The van der Waals surface area contributed by atoms with Crippen molar-refractivity contribution in [1.82, 2.24) is 15.5 Å². The minimum Gasteiger partial charge on any atom is -0.508 e. The van der Waals surface area contributed by atoms with E-state index in [1.807, 2.05) is 12.1 Å². The fourth-order valence-corrected chi connectivity index (χ4v) is 5.20. The second-order valence-electron chi connectivity index (χ2n) is 10.8. The van der Waals surface area contributed by atoms with E-state index in [-0.39, 0.29) is 55.0 Å². The average molecular weight is 669 g/mol. The van der Waals surface area contributed by atoms with Crippen molar-refractivity contribution in [2.24, 2.45) is 11.5 Å². The number of likely N-dealkylation sites (tertiary alicyclic amines) is 1. The van der Waals surface area contributed by atoms with Crippen molar-refractivity contribution in [2.45, 2.75) is 55.9 Å². The van der Waals surface area contributed by atoms with Crippen LogP contribution in [-0.4, -0.2) is 75.6 Å². The van der Waals surface area contributed by atoms with E-state index in [0.29, 0.717) is 0 Å². The molecule has 11 nitrogen and oxygen atoms in total. The van der Waals surface area contributed by atoms with Gasteiger partial charge in [0, 0.05) is 25.4 Å². The Kier molecular flexibility index (Phi) is 12.4. The Morgan fingerprint density at radius 2 is 1.32 bits per heavy atom. The van der Waals surface area contributed by atoms with Gasteiger partial charge in [0.25, 0.3) is 0 Å². The molecule has 3 aromatic carbocycles. The molecule has 0 bridgehead atoms. The zero-order valence-electron chi connectivity index (χ0n) is 24.0. The highest BCUT2D eigenvalue weighted by Crippen LogP contribution is 2.20. The van der Waals surface area contributed by atoms with Gasteiger partial charge in [-0.15, -0.1) is 17.0 Å². The zero-order valence-corrected chi connectivity index (χ0v) is 25.8. The maximum atomic E-state index is 13.6. The Morgan fingerprint density at radius 1 is 0.795 bits per heavy atom. The largest absolute Gasteiger partial charge is 0.508 e. The Labute approximate surface area is 266 Å². The fraction of sp³-hybridized carbons (Fsp3) is 0.312. The van der Waals surface area contributed by atoms with Crippen molar-refractivity contribution in [1.29, 1.82) is 0 Å². The molecule has 1 saturated heterocycles. The standard InChI is InChI=1S/C32H37N5O6.BrH/c33-23-18-28(37(19-23)31(41)25(34)15-22-11-13-24(38)14-12-22)30(40)35-26(16-20-7-3-1-4-8-20)29(39)36-27(32(42)43)17-21-9-5-2-6-10-21;/h1-14,23,25-28,38H,15-19,33-34H2,(H,35,40)(H,36,39)(H,42,43);1H/t23-,25-,26-,27-,28-;/m0./s1. The number of phenolic OH excluding ortho intramolecular Hbond substituents is 1. The number of nitrogens with two attached hydrogens (primary N) is 2. The van der Waals surface area contributed by atoms with Crippen LogP contribution in [-0.2, 0) is 38.4 Å². The quantitative estimate of drug-likeness (QED) is 0.167. The van der Waals surface area contributed by atoms with Crippen molar-refractivity contribution in [3.05, 3.63) is 102 Å². The average Bonchev–Trinajstić information content (AvgIpc) is 3.39. The van der Waals surface area contributed by atoms with Crippen LogP contribution in [0.25, 0.3) is 0 Å². The number of phenols is 1. The lowest BCUT2D eigenvalue weighted by atomic mass is 10.0. The van der Waals surface area contributed by atoms with Gasteiger partial charge in [0.1, 0.15) is 23.9 Å². The first-order chi connectivity index (χ1) is 20.6. The van der Waals surface area contributed by atoms with E-state index >= 15 is 0 Å². The van der Waals surface area contributed by atoms with E-state index in [4.69, 9.17) is 11.5 Å². The molecule has 12 heteroatoms. The highest BCUT2D eigenvalue weighted by Gasteiger charge is 2.41. The number of benzene rings is 3. The smallest absolute Gasteiger partial charge is 0.326 e. The van der Waals surface area contributed by atoms with Gasteiger partial charge in [-0.05, 0) is 41.7 Å². The molecule has 0 aromatic heterocycles. The van der Waals surface area contributed by atoms with Gasteiger partial charge in [-0.2, -0.15) is 0 Å². The summed E-state index contributed by atoms with van der Waals surface area (Å²) in [5.74, 6) is -2.81. The third-order valence-corrected chi connectivity index (χ3v) is 7.44. The van der Waals surface area contributed by atoms with Crippen LogP contribution in [0.1, 0.15) is 23.1 Å². The molecule has 1 aliphatic rings. The molecule has 0 radical (unpaired) electrons. The van der Waals surface area contributed by atoms with Crippen LogP contribution in [0.15, 0.2) is 84.9 Å². The van der Waals surface area contributed by atoms with Crippen LogP contribution < -0.4 is 22.1 Å². The third kappa shape index (κ3) is 9.37. The highest BCUT2D eigenvalue weighted by atomic mass is 79.9. The minimum absolute atomic E-state index is 0. The number of carbonyl (C=O) groups excluding carboxylic acids is 3. The molecular formula is C32H38BrN5O6. The predicted molar refractivity (Wildman–Crippen MR) is 170 cm³/mol. The number of carboxylic acids is 1. The van der Waals surface area contributed by atoms with E-state index in [1.165, 1.54) is 17.0 Å². The van der Waals surface area contributed by atoms with Gasteiger partial charge < -0.3 is 37.2 Å². The number of carbonyl (C=O) groups is 4.